The lowest BCUT2D eigenvalue weighted by atomic mass is 10.0. The van der Waals surface area contributed by atoms with Gasteiger partial charge in [-0.2, -0.15) is 0 Å². The summed E-state index contributed by atoms with van der Waals surface area (Å²) >= 11 is 1.76. The average Bonchev–Trinajstić information content (AvgIpc) is 3.00. The summed E-state index contributed by atoms with van der Waals surface area (Å²) in [6, 6.07) is 4.27. The Morgan fingerprint density at radius 2 is 2.32 bits per heavy atom. The number of carbonyl (C=O) groups is 1. The lowest BCUT2D eigenvalue weighted by Gasteiger charge is -2.26. The summed E-state index contributed by atoms with van der Waals surface area (Å²) in [6.45, 7) is 3.65. The van der Waals surface area contributed by atoms with Gasteiger partial charge in [-0.15, -0.1) is 23.7 Å². The van der Waals surface area contributed by atoms with Gasteiger partial charge in [-0.05, 0) is 37.6 Å². The molecule has 1 heterocycles. The zero-order valence-electron chi connectivity index (χ0n) is 11.4. The van der Waals surface area contributed by atoms with Crippen molar-refractivity contribution in [2.24, 2.45) is 11.7 Å². The molecule has 1 saturated carbocycles. The number of rotatable bonds is 5. The Balaban J connectivity index is 0.00000180. The fourth-order valence-corrected chi connectivity index (χ4v) is 3.35. The normalized spacial score (nSPS) is 22.0. The fourth-order valence-electron chi connectivity index (χ4n) is 2.65. The highest BCUT2D eigenvalue weighted by molar-refractivity contribution is 7.09. The summed E-state index contributed by atoms with van der Waals surface area (Å²) in [5.74, 6) is 0.326. The first kappa shape index (κ1) is 16.5. The van der Waals surface area contributed by atoms with Crippen molar-refractivity contribution >= 4 is 29.7 Å². The smallest absolute Gasteiger partial charge is 0.227 e. The monoisotopic (exact) mass is 302 g/mol. The van der Waals surface area contributed by atoms with Gasteiger partial charge in [0.1, 0.15) is 0 Å². The van der Waals surface area contributed by atoms with Crippen LogP contribution in [0.3, 0.4) is 0 Å². The number of nitrogens with zero attached hydrogens (tertiary/aromatic N) is 1. The Morgan fingerprint density at radius 1 is 1.53 bits per heavy atom. The van der Waals surface area contributed by atoms with E-state index in [1.54, 1.807) is 11.3 Å². The Kier molecular flexibility index (Phi) is 6.83. The van der Waals surface area contributed by atoms with Crippen LogP contribution in [0.15, 0.2) is 17.5 Å². The Bertz CT molecular complexity index is 383. The van der Waals surface area contributed by atoms with E-state index in [0.29, 0.717) is 0 Å². The summed E-state index contributed by atoms with van der Waals surface area (Å²) < 4.78 is 0. The number of likely N-dealkylation sites (N-methyl/N-ethyl adjacent to an activating group) is 1. The van der Waals surface area contributed by atoms with Crippen LogP contribution in [-0.4, -0.2) is 29.9 Å². The van der Waals surface area contributed by atoms with E-state index in [1.807, 2.05) is 11.8 Å². The van der Waals surface area contributed by atoms with Crippen LogP contribution < -0.4 is 5.73 Å². The summed E-state index contributed by atoms with van der Waals surface area (Å²) in [4.78, 5) is 15.7. The highest BCUT2D eigenvalue weighted by Gasteiger charge is 2.32. The minimum atomic E-state index is 0. The molecular formula is C14H23ClN2OS. The second kappa shape index (κ2) is 7.88. The van der Waals surface area contributed by atoms with Crippen LogP contribution in [-0.2, 0) is 11.2 Å². The van der Waals surface area contributed by atoms with Gasteiger partial charge in [0.15, 0.2) is 0 Å². The lowest BCUT2D eigenvalue weighted by Crippen LogP contribution is -2.42. The van der Waals surface area contributed by atoms with Gasteiger partial charge >= 0.3 is 0 Å². The third kappa shape index (κ3) is 4.20. The molecule has 19 heavy (non-hydrogen) atoms. The van der Waals surface area contributed by atoms with Crippen molar-refractivity contribution in [2.45, 2.75) is 38.6 Å². The zero-order chi connectivity index (χ0) is 13.0. The molecule has 3 nitrogen and oxygen atoms in total. The lowest BCUT2D eigenvalue weighted by molar-refractivity contribution is -0.135. The van der Waals surface area contributed by atoms with Crippen molar-refractivity contribution in [2.75, 3.05) is 13.1 Å². The quantitative estimate of drug-likeness (QED) is 0.909. The third-order valence-corrected chi connectivity index (χ3v) is 4.72. The van der Waals surface area contributed by atoms with E-state index >= 15 is 0 Å². The number of halogens is 1. The molecule has 1 aromatic rings. The second-order valence-electron chi connectivity index (χ2n) is 4.95. The molecule has 1 amide bonds. The number of nitrogens with two attached hydrogens (primary N) is 1. The molecule has 0 radical (unpaired) electrons. The number of carbonyl (C=O) groups excluding carboxylic acids is 1. The first-order valence-corrected chi connectivity index (χ1v) is 7.67. The molecule has 0 aliphatic heterocycles. The SMILES string of the molecule is CCN(CCc1cccs1)C(=O)C1CCCC1N.Cl. The molecule has 2 N–H and O–H groups in total. The fraction of sp³-hybridized carbons (Fsp3) is 0.643. The molecule has 1 aliphatic carbocycles. The molecule has 0 aromatic carbocycles. The summed E-state index contributed by atoms with van der Waals surface area (Å²) in [5, 5.41) is 2.08. The van der Waals surface area contributed by atoms with Crippen LogP contribution in [0.5, 0.6) is 0 Å². The summed E-state index contributed by atoms with van der Waals surface area (Å²) in [7, 11) is 0. The molecule has 1 aromatic heterocycles. The molecule has 0 saturated heterocycles. The highest BCUT2D eigenvalue weighted by atomic mass is 35.5. The molecule has 2 atom stereocenters. The Morgan fingerprint density at radius 3 is 2.84 bits per heavy atom. The summed E-state index contributed by atoms with van der Waals surface area (Å²) in [6.07, 6.45) is 4.02. The van der Waals surface area contributed by atoms with E-state index in [0.717, 1.165) is 38.8 Å². The van der Waals surface area contributed by atoms with E-state index in [9.17, 15) is 4.79 Å². The van der Waals surface area contributed by atoms with E-state index < -0.39 is 0 Å². The van der Waals surface area contributed by atoms with Gasteiger partial charge in [-0.1, -0.05) is 12.5 Å². The molecule has 108 valence electrons. The molecule has 2 rings (SSSR count). The number of hydrogen-bond acceptors (Lipinski definition) is 3. The number of thiophene rings is 1. The van der Waals surface area contributed by atoms with Crippen LogP contribution in [0.2, 0.25) is 0 Å². The van der Waals surface area contributed by atoms with Crippen molar-refractivity contribution in [3.63, 3.8) is 0 Å². The van der Waals surface area contributed by atoms with Gasteiger partial charge in [0.05, 0.1) is 5.92 Å². The van der Waals surface area contributed by atoms with Gasteiger partial charge in [0.2, 0.25) is 5.91 Å². The predicted molar refractivity (Wildman–Crippen MR) is 82.8 cm³/mol. The molecule has 1 aliphatic rings. The first-order chi connectivity index (χ1) is 8.72. The minimum Gasteiger partial charge on any atom is -0.342 e. The van der Waals surface area contributed by atoms with Gasteiger partial charge in [0, 0.05) is 24.0 Å². The van der Waals surface area contributed by atoms with Crippen molar-refractivity contribution in [1.29, 1.82) is 0 Å². The maximum absolute atomic E-state index is 12.4. The molecule has 0 bridgehead atoms. The second-order valence-corrected chi connectivity index (χ2v) is 5.98. The topological polar surface area (TPSA) is 46.3 Å². The maximum Gasteiger partial charge on any atom is 0.227 e. The first-order valence-electron chi connectivity index (χ1n) is 6.79. The van der Waals surface area contributed by atoms with Crippen LogP contribution in [0.4, 0.5) is 0 Å². The van der Waals surface area contributed by atoms with Crippen molar-refractivity contribution in [3.05, 3.63) is 22.4 Å². The van der Waals surface area contributed by atoms with Gasteiger partial charge in [0.25, 0.3) is 0 Å². The van der Waals surface area contributed by atoms with Gasteiger partial charge in [-0.25, -0.2) is 0 Å². The standard InChI is InChI=1S/C14H22N2OS.ClH/c1-2-16(9-8-11-5-4-10-18-11)14(17)12-6-3-7-13(12)15;/h4-5,10,12-13H,2-3,6-9,15H2,1H3;1H. The molecule has 1 fully saturated rings. The average molecular weight is 303 g/mol. The predicted octanol–water partition coefficient (Wildman–Crippen LogP) is 2.69. The summed E-state index contributed by atoms with van der Waals surface area (Å²) in [5.41, 5.74) is 6.02. The molecule has 0 spiro atoms. The van der Waals surface area contributed by atoms with Crippen molar-refractivity contribution in [3.8, 4) is 0 Å². The van der Waals surface area contributed by atoms with E-state index in [-0.39, 0.29) is 30.3 Å². The Hall–Kier alpha value is -0.580. The van der Waals surface area contributed by atoms with Gasteiger partial charge in [-0.3, -0.25) is 4.79 Å². The third-order valence-electron chi connectivity index (χ3n) is 3.79. The highest BCUT2D eigenvalue weighted by Crippen LogP contribution is 2.26. The van der Waals surface area contributed by atoms with E-state index in [1.165, 1.54) is 4.88 Å². The van der Waals surface area contributed by atoms with Crippen molar-refractivity contribution < 1.29 is 4.79 Å². The minimum absolute atomic E-state index is 0. The van der Waals surface area contributed by atoms with Crippen LogP contribution in [0.25, 0.3) is 0 Å². The van der Waals surface area contributed by atoms with E-state index in [2.05, 4.69) is 17.5 Å². The van der Waals surface area contributed by atoms with Crippen LogP contribution >= 0.6 is 23.7 Å². The Labute approximate surface area is 125 Å². The van der Waals surface area contributed by atoms with Gasteiger partial charge < -0.3 is 10.6 Å². The maximum atomic E-state index is 12.4. The number of amides is 1. The van der Waals surface area contributed by atoms with Crippen LogP contribution in [0.1, 0.15) is 31.1 Å². The molecule has 5 heteroatoms. The zero-order valence-corrected chi connectivity index (χ0v) is 13.0. The largest absolute Gasteiger partial charge is 0.342 e. The van der Waals surface area contributed by atoms with Crippen molar-refractivity contribution in [1.82, 2.24) is 4.90 Å². The number of hydrogen-bond donors (Lipinski definition) is 1. The van der Waals surface area contributed by atoms with Crippen LogP contribution in [0, 0.1) is 5.92 Å². The molecule has 2 unspecified atom stereocenters. The van der Waals surface area contributed by atoms with E-state index in [4.69, 9.17) is 5.73 Å². The molecular weight excluding hydrogens is 280 g/mol.